The molecule has 0 saturated carbocycles. The molecule has 2 heterocycles. The van der Waals surface area contributed by atoms with E-state index >= 15 is 0 Å². The van der Waals surface area contributed by atoms with Crippen molar-refractivity contribution in [3.05, 3.63) is 66.9 Å². The van der Waals surface area contributed by atoms with Crippen molar-refractivity contribution in [2.75, 3.05) is 7.11 Å². The van der Waals surface area contributed by atoms with Gasteiger partial charge < -0.3 is 0 Å². The second-order valence-electron chi connectivity index (χ2n) is 5.33. The van der Waals surface area contributed by atoms with E-state index < -0.39 is 31.6 Å². The molecule has 1 aromatic heterocycles. The van der Waals surface area contributed by atoms with E-state index in [4.69, 9.17) is 4.74 Å². The van der Waals surface area contributed by atoms with E-state index in [1.165, 1.54) is 0 Å². The van der Waals surface area contributed by atoms with E-state index in [1.807, 2.05) is 42.6 Å². The van der Waals surface area contributed by atoms with Gasteiger partial charge in [0, 0.05) is 0 Å². The van der Waals surface area contributed by atoms with Crippen LogP contribution >= 0.6 is 0 Å². The molecule has 0 radical (unpaired) electrons. The fourth-order valence-electron chi connectivity index (χ4n) is 2.89. The molecule has 1 aliphatic rings. The molecule has 4 rings (SSSR count). The van der Waals surface area contributed by atoms with Crippen molar-refractivity contribution in [1.82, 2.24) is 4.98 Å². The summed E-state index contributed by atoms with van der Waals surface area (Å²) >= 11 is -2.70. The van der Waals surface area contributed by atoms with E-state index in [2.05, 4.69) is 4.98 Å². The molecule has 2 aromatic carbocycles. The molecule has 1 aliphatic heterocycles. The number of aromatic nitrogens is 1. The molecule has 0 bridgehead atoms. The quantitative estimate of drug-likeness (QED) is 0.357. The van der Waals surface area contributed by atoms with Crippen molar-refractivity contribution in [2.45, 2.75) is 9.79 Å². The van der Waals surface area contributed by atoms with Gasteiger partial charge in [0.15, 0.2) is 0 Å². The Kier molecular flexibility index (Phi) is 3.89. The van der Waals surface area contributed by atoms with Gasteiger partial charge in [-0.25, -0.2) is 0 Å². The number of hydrogen-bond acceptors (Lipinski definition) is 4. The van der Waals surface area contributed by atoms with Crippen molar-refractivity contribution in [2.24, 2.45) is 0 Å². The summed E-state index contributed by atoms with van der Waals surface area (Å²) in [6.45, 7) is 0. The van der Waals surface area contributed by atoms with Gasteiger partial charge in [0.05, 0.1) is 0 Å². The first kappa shape index (κ1) is 15.7. The predicted molar refractivity (Wildman–Crippen MR) is 93.8 cm³/mol. The average molecular weight is 533 g/mol. The molecular weight excluding hydrogens is 519 g/mol. The topological polar surface area (TPSA) is 56.3 Å². The normalized spacial score (nSPS) is 15.4. The Morgan fingerprint density at radius 2 is 1.46 bits per heavy atom. The molecule has 0 amide bonds. The molecule has 4 nitrogen and oxygen atoms in total. The van der Waals surface area contributed by atoms with Crippen LogP contribution < -0.4 is 14.6 Å². The van der Waals surface area contributed by atoms with Crippen LogP contribution in [0.25, 0.3) is 0 Å². The van der Waals surface area contributed by atoms with Crippen LogP contribution in [0, 0.1) is 0 Å². The zero-order valence-electron chi connectivity index (χ0n) is 12.9. The number of benzene rings is 2. The maximum atomic E-state index is 13.0. The minimum absolute atomic E-state index is 0.456. The molecule has 24 heavy (non-hydrogen) atoms. The van der Waals surface area contributed by atoms with Gasteiger partial charge in [0.1, 0.15) is 0 Å². The second-order valence-corrected chi connectivity index (χ2v) is 15.6. The Hall–Kier alpha value is -1.78. The van der Waals surface area contributed by atoms with Gasteiger partial charge in [-0.15, -0.1) is 0 Å². The summed E-state index contributed by atoms with van der Waals surface area (Å²) in [4.78, 5) is 5.25. The van der Waals surface area contributed by atoms with Gasteiger partial charge in [-0.2, -0.15) is 0 Å². The SMILES string of the molecule is COc1cc[c]([Bi]2[c]3ccccc3S(=O)(=O)c3cccc[c]32)cn1. The Morgan fingerprint density at radius 1 is 0.875 bits per heavy atom. The van der Waals surface area contributed by atoms with Crippen molar-refractivity contribution in [1.29, 1.82) is 0 Å². The molecule has 0 spiro atoms. The minimum atomic E-state index is -3.45. The van der Waals surface area contributed by atoms with Gasteiger partial charge >= 0.3 is 149 Å². The third-order valence-corrected chi connectivity index (χ3v) is 16.9. The van der Waals surface area contributed by atoms with E-state index in [0.717, 1.165) is 9.81 Å². The Labute approximate surface area is 148 Å². The van der Waals surface area contributed by atoms with Gasteiger partial charge in [-0.05, 0) is 0 Å². The number of methoxy groups -OCH3 is 1. The van der Waals surface area contributed by atoms with E-state index in [0.29, 0.717) is 15.7 Å². The molecule has 3 aromatic rings. The summed E-state index contributed by atoms with van der Waals surface area (Å²) in [5, 5.41) is 0. The van der Waals surface area contributed by atoms with Crippen LogP contribution in [0.3, 0.4) is 0 Å². The Morgan fingerprint density at radius 3 is 1.96 bits per heavy atom. The summed E-state index contributed by atoms with van der Waals surface area (Å²) in [5.41, 5.74) is 0. The third kappa shape index (κ3) is 2.36. The summed E-state index contributed by atoms with van der Waals surface area (Å²) in [6, 6.07) is 18.7. The van der Waals surface area contributed by atoms with Crippen molar-refractivity contribution >= 4 is 41.4 Å². The molecule has 6 heteroatoms. The molecular formula is C18H14BiNO3S. The van der Waals surface area contributed by atoms with Crippen LogP contribution in [0.5, 0.6) is 5.88 Å². The van der Waals surface area contributed by atoms with Crippen LogP contribution in [0.2, 0.25) is 0 Å². The van der Waals surface area contributed by atoms with Crippen LogP contribution in [-0.4, -0.2) is 42.3 Å². The van der Waals surface area contributed by atoms with Gasteiger partial charge in [0.2, 0.25) is 0 Å². The van der Waals surface area contributed by atoms with Crippen molar-refractivity contribution in [3.63, 3.8) is 0 Å². The van der Waals surface area contributed by atoms with Crippen LogP contribution in [0.4, 0.5) is 0 Å². The molecule has 120 valence electrons. The van der Waals surface area contributed by atoms with Gasteiger partial charge in [-0.3, -0.25) is 0 Å². The van der Waals surface area contributed by atoms with E-state index in [-0.39, 0.29) is 0 Å². The van der Waals surface area contributed by atoms with Crippen molar-refractivity contribution < 1.29 is 13.2 Å². The fourth-order valence-corrected chi connectivity index (χ4v) is 17.6. The number of hydrogen-bond donors (Lipinski definition) is 0. The molecule has 0 fully saturated rings. The van der Waals surface area contributed by atoms with Crippen molar-refractivity contribution in [3.8, 4) is 5.88 Å². The Balaban J connectivity index is 2.01. The first-order chi connectivity index (χ1) is 11.6. The zero-order chi connectivity index (χ0) is 16.7. The number of ether oxygens (including phenoxy) is 1. The second kappa shape index (κ2) is 5.94. The average Bonchev–Trinajstić information content (AvgIpc) is 2.63. The first-order valence-electron chi connectivity index (χ1n) is 7.36. The van der Waals surface area contributed by atoms with Crippen LogP contribution in [0.1, 0.15) is 0 Å². The van der Waals surface area contributed by atoms with Gasteiger partial charge in [-0.1, -0.05) is 0 Å². The molecule has 0 aliphatic carbocycles. The maximum absolute atomic E-state index is 13.0. The van der Waals surface area contributed by atoms with E-state index in [9.17, 15) is 8.42 Å². The van der Waals surface area contributed by atoms with E-state index in [1.54, 1.807) is 31.4 Å². The predicted octanol–water partition coefficient (Wildman–Crippen LogP) is 0.753. The number of fused-ring (bicyclic) bond motifs is 2. The summed E-state index contributed by atoms with van der Waals surface area (Å²) < 4.78 is 34.2. The molecule has 0 atom stereocenters. The fraction of sp³-hybridized carbons (Fsp3) is 0.0556. The Bertz CT molecular complexity index is 963. The van der Waals surface area contributed by atoms with Crippen LogP contribution in [-0.2, 0) is 9.84 Å². The zero-order valence-corrected chi connectivity index (χ0v) is 17.2. The summed E-state index contributed by atoms with van der Waals surface area (Å²) in [5.74, 6) is 0.564. The molecule has 0 N–H and O–H groups in total. The van der Waals surface area contributed by atoms with Gasteiger partial charge in [0.25, 0.3) is 0 Å². The monoisotopic (exact) mass is 533 g/mol. The summed E-state index contributed by atoms with van der Waals surface area (Å²) in [6.07, 6.45) is 1.84. The number of rotatable bonds is 2. The number of pyridine rings is 1. The number of sulfone groups is 1. The molecule has 0 unspecified atom stereocenters. The molecule has 0 saturated heterocycles. The third-order valence-electron chi connectivity index (χ3n) is 3.98. The summed E-state index contributed by atoms with van der Waals surface area (Å²) in [7, 11) is -1.86. The standard InChI is InChI=1S/C12H8O2S.C6H6NO.Bi/c13-15(14,11-7-3-1-4-8-11)12-9-5-2-6-10-12;1-8-6-4-2-3-5-7-6;/h1-7,9H;2,4-5H,1H3;. The first-order valence-corrected chi connectivity index (χ1v) is 14.1. The number of nitrogens with zero attached hydrogens (tertiary/aromatic N) is 1. The van der Waals surface area contributed by atoms with Crippen LogP contribution in [0.15, 0.2) is 76.7 Å².